The number of nitro groups is 1. The highest BCUT2D eigenvalue weighted by Crippen LogP contribution is 2.22. The van der Waals surface area contributed by atoms with Crippen molar-refractivity contribution in [3.63, 3.8) is 0 Å². The minimum Gasteiger partial charge on any atom is -0.344 e. The Bertz CT molecular complexity index is 997. The van der Waals surface area contributed by atoms with E-state index in [0.717, 1.165) is 11.3 Å². The number of aryl methyl sites for hydroxylation is 1. The fourth-order valence-corrected chi connectivity index (χ4v) is 3.03. The largest absolute Gasteiger partial charge is 0.344 e. The molecule has 0 bridgehead atoms. The monoisotopic (exact) mass is 379 g/mol. The first-order chi connectivity index (χ1) is 13.4. The summed E-state index contributed by atoms with van der Waals surface area (Å²) in [4.78, 5) is 27.4. The third kappa shape index (κ3) is 4.06. The quantitative estimate of drug-likeness (QED) is 0.523. The van der Waals surface area contributed by atoms with Crippen LogP contribution in [0.25, 0.3) is 0 Å². The molecule has 0 saturated carbocycles. The molecule has 0 aliphatic heterocycles. The first-order valence-electron chi connectivity index (χ1n) is 8.86. The summed E-state index contributed by atoms with van der Waals surface area (Å²) in [6.07, 6.45) is 1.69. The van der Waals surface area contributed by atoms with Crippen LogP contribution in [0.15, 0.2) is 48.7 Å². The van der Waals surface area contributed by atoms with Gasteiger partial charge in [0.05, 0.1) is 23.2 Å². The number of nitrogens with one attached hydrogen (secondary N) is 1. The fourth-order valence-electron chi connectivity index (χ4n) is 3.03. The Morgan fingerprint density at radius 1 is 1.21 bits per heavy atom. The Morgan fingerprint density at radius 2 is 1.93 bits per heavy atom. The third-order valence-electron chi connectivity index (χ3n) is 4.55. The highest BCUT2D eigenvalue weighted by molar-refractivity contribution is 5.94. The van der Waals surface area contributed by atoms with E-state index in [0.29, 0.717) is 23.5 Å². The Labute approximate surface area is 162 Å². The maximum atomic E-state index is 12.4. The van der Waals surface area contributed by atoms with E-state index in [1.165, 1.54) is 0 Å². The van der Waals surface area contributed by atoms with Gasteiger partial charge in [0, 0.05) is 11.8 Å². The summed E-state index contributed by atoms with van der Waals surface area (Å²) in [6.45, 7) is 5.58. The molecule has 0 spiro atoms. The second-order valence-corrected chi connectivity index (χ2v) is 6.58. The number of nitrogens with zero attached hydrogens (tertiary/aromatic N) is 4. The number of pyridine rings is 1. The van der Waals surface area contributed by atoms with Crippen LogP contribution in [0, 0.1) is 24.0 Å². The van der Waals surface area contributed by atoms with E-state index in [-0.39, 0.29) is 17.6 Å². The Morgan fingerprint density at radius 3 is 2.50 bits per heavy atom. The molecule has 1 atom stereocenters. The predicted molar refractivity (Wildman–Crippen MR) is 104 cm³/mol. The highest BCUT2D eigenvalue weighted by atomic mass is 16.6. The number of aromatic nitrogens is 3. The maximum Gasteiger partial charge on any atom is 0.312 e. The lowest BCUT2D eigenvalue weighted by Gasteiger charge is -2.13. The number of hydrogen-bond donors (Lipinski definition) is 1. The number of rotatable bonds is 6. The average Bonchev–Trinajstić information content (AvgIpc) is 2.96. The van der Waals surface area contributed by atoms with Crippen molar-refractivity contribution in [2.45, 2.75) is 33.4 Å². The molecule has 1 aromatic carbocycles. The zero-order valence-electron chi connectivity index (χ0n) is 15.9. The van der Waals surface area contributed by atoms with Gasteiger partial charge in [0.15, 0.2) is 0 Å². The molecule has 144 valence electrons. The van der Waals surface area contributed by atoms with Crippen LogP contribution in [-0.4, -0.2) is 25.6 Å². The smallest absolute Gasteiger partial charge is 0.312 e. The van der Waals surface area contributed by atoms with Gasteiger partial charge in [-0.25, -0.2) is 0 Å². The summed E-state index contributed by atoms with van der Waals surface area (Å²) in [6, 6.07) is 12.5. The molecule has 3 aromatic rings. The summed E-state index contributed by atoms with van der Waals surface area (Å²) < 4.78 is 1.60. The van der Waals surface area contributed by atoms with Gasteiger partial charge in [0.25, 0.3) is 5.91 Å². The lowest BCUT2D eigenvalue weighted by Crippen LogP contribution is -2.27. The van der Waals surface area contributed by atoms with Gasteiger partial charge >= 0.3 is 5.69 Å². The molecule has 0 fully saturated rings. The molecule has 3 rings (SSSR count). The van der Waals surface area contributed by atoms with Crippen LogP contribution in [-0.2, 0) is 6.54 Å². The Kier molecular flexibility index (Phi) is 5.49. The van der Waals surface area contributed by atoms with Gasteiger partial charge in [0.2, 0.25) is 0 Å². The molecule has 1 N–H and O–H groups in total. The minimum atomic E-state index is -0.412. The third-order valence-corrected chi connectivity index (χ3v) is 4.55. The van der Waals surface area contributed by atoms with Crippen LogP contribution in [0.1, 0.15) is 46.0 Å². The van der Waals surface area contributed by atoms with Crippen molar-refractivity contribution < 1.29 is 9.72 Å². The first-order valence-corrected chi connectivity index (χ1v) is 8.86. The second-order valence-electron chi connectivity index (χ2n) is 6.58. The lowest BCUT2D eigenvalue weighted by molar-refractivity contribution is -0.386. The molecule has 0 aliphatic carbocycles. The van der Waals surface area contributed by atoms with Crippen molar-refractivity contribution in [1.82, 2.24) is 20.1 Å². The van der Waals surface area contributed by atoms with E-state index in [1.54, 1.807) is 36.9 Å². The van der Waals surface area contributed by atoms with Crippen molar-refractivity contribution in [2.75, 3.05) is 0 Å². The van der Waals surface area contributed by atoms with Crippen LogP contribution in [0.2, 0.25) is 0 Å². The number of amides is 1. The van der Waals surface area contributed by atoms with Gasteiger partial charge < -0.3 is 5.32 Å². The van der Waals surface area contributed by atoms with E-state index in [1.807, 2.05) is 37.3 Å². The molecule has 2 heterocycles. The number of hydrogen-bond acceptors (Lipinski definition) is 5. The summed E-state index contributed by atoms with van der Waals surface area (Å²) in [5.74, 6) is -0.188. The van der Waals surface area contributed by atoms with Crippen LogP contribution in [0.3, 0.4) is 0 Å². The molecular formula is C20H21N5O3. The van der Waals surface area contributed by atoms with E-state index >= 15 is 0 Å². The molecule has 2 aromatic heterocycles. The minimum absolute atomic E-state index is 0.0412. The maximum absolute atomic E-state index is 12.4. The fraction of sp³-hybridized carbons (Fsp3) is 0.250. The SMILES string of the molecule is Cc1nn(Cc2ccc(C(=O)NC(C)c3ccccn3)cc2)c(C)c1[N+](=O)[O-]. The number of benzene rings is 1. The van der Waals surface area contributed by atoms with Crippen molar-refractivity contribution >= 4 is 11.6 Å². The van der Waals surface area contributed by atoms with Gasteiger partial charge in [-0.1, -0.05) is 18.2 Å². The predicted octanol–water partition coefficient (Wildman–Crippen LogP) is 3.34. The molecule has 28 heavy (non-hydrogen) atoms. The van der Waals surface area contributed by atoms with Crippen LogP contribution >= 0.6 is 0 Å². The first kappa shape index (κ1) is 19.2. The second kappa shape index (κ2) is 7.99. The summed E-state index contributed by atoms with van der Waals surface area (Å²) in [5.41, 5.74) is 3.16. The van der Waals surface area contributed by atoms with Gasteiger partial charge in [-0.05, 0) is 50.6 Å². The highest BCUT2D eigenvalue weighted by Gasteiger charge is 2.21. The molecule has 0 aliphatic rings. The van der Waals surface area contributed by atoms with Gasteiger partial charge in [-0.15, -0.1) is 0 Å². The Hall–Kier alpha value is -3.55. The molecule has 8 heteroatoms. The molecule has 0 saturated heterocycles. The zero-order chi connectivity index (χ0) is 20.3. The average molecular weight is 379 g/mol. The van der Waals surface area contributed by atoms with Crippen LogP contribution < -0.4 is 5.32 Å². The number of carbonyl (C=O) groups is 1. The van der Waals surface area contributed by atoms with Gasteiger partial charge in [-0.3, -0.25) is 24.6 Å². The van der Waals surface area contributed by atoms with Crippen LogP contribution in [0.5, 0.6) is 0 Å². The Balaban J connectivity index is 1.69. The van der Waals surface area contributed by atoms with Crippen molar-refractivity contribution in [2.24, 2.45) is 0 Å². The van der Waals surface area contributed by atoms with Gasteiger partial charge in [-0.2, -0.15) is 5.10 Å². The van der Waals surface area contributed by atoms with Crippen molar-refractivity contribution in [3.8, 4) is 0 Å². The van der Waals surface area contributed by atoms with Gasteiger partial charge in [0.1, 0.15) is 11.4 Å². The zero-order valence-corrected chi connectivity index (χ0v) is 15.9. The van der Waals surface area contributed by atoms with E-state index in [9.17, 15) is 14.9 Å². The van der Waals surface area contributed by atoms with Crippen molar-refractivity contribution in [3.05, 3.63) is 87.0 Å². The normalized spacial score (nSPS) is 11.8. The van der Waals surface area contributed by atoms with E-state index in [2.05, 4.69) is 15.4 Å². The summed E-state index contributed by atoms with van der Waals surface area (Å²) in [5, 5.41) is 18.3. The van der Waals surface area contributed by atoms with E-state index < -0.39 is 4.92 Å². The summed E-state index contributed by atoms with van der Waals surface area (Å²) in [7, 11) is 0. The molecule has 8 nitrogen and oxygen atoms in total. The van der Waals surface area contributed by atoms with E-state index in [4.69, 9.17) is 0 Å². The molecular weight excluding hydrogens is 358 g/mol. The van der Waals surface area contributed by atoms with Crippen LogP contribution in [0.4, 0.5) is 5.69 Å². The number of carbonyl (C=O) groups excluding carboxylic acids is 1. The summed E-state index contributed by atoms with van der Waals surface area (Å²) >= 11 is 0. The standard InChI is InChI=1S/C20H21N5O3/c1-13(18-6-4-5-11-21-18)22-20(26)17-9-7-16(8-10-17)12-24-15(3)19(25(27)28)14(2)23-24/h4-11,13H,12H2,1-3H3,(H,22,26). The lowest BCUT2D eigenvalue weighted by atomic mass is 10.1. The molecule has 1 unspecified atom stereocenters. The molecule has 0 radical (unpaired) electrons. The van der Waals surface area contributed by atoms with Crippen molar-refractivity contribution in [1.29, 1.82) is 0 Å². The molecule has 1 amide bonds. The topological polar surface area (TPSA) is 103 Å².